The van der Waals surface area contributed by atoms with Gasteiger partial charge in [-0.25, -0.2) is 0 Å². The lowest BCUT2D eigenvalue weighted by molar-refractivity contribution is -0.104. The summed E-state index contributed by atoms with van der Waals surface area (Å²) in [6, 6.07) is 0. The molecule has 1 saturated carbocycles. The molecule has 1 aliphatic carbocycles. The third-order valence-corrected chi connectivity index (χ3v) is 3.42. The molecule has 0 unspecified atom stereocenters. The highest BCUT2D eigenvalue weighted by atomic mass is 15.3. The first-order chi connectivity index (χ1) is 7.02. The van der Waals surface area contributed by atoms with Gasteiger partial charge in [-0.3, -0.25) is 4.90 Å². The van der Waals surface area contributed by atoms with Gasteiger partial charge in [-0.1, -0.05) is 49.0 Å². The largest absolute Gasteiger partial charge is 0.297 e. The lowest BCUT2D eigenvalue weighted by atomic mass is 9.62. The molecule has 0 amide bonds. The number of hydrogen-bond acceptors (Lipinski definition) is 1. The maximum atomic E-state index is 2.60. The van der Waals surface area contributed by atoms with Crippen LogP contribution in [-0.4, -0.2) is 23.5 Å². The maximum Gasteiger partial charge on any atom is 0.0125 e. The van der Waals surface area contributed by atoms with Crippen LogP contribution in [0.2, 0.25) is 0 Å². The zero-order chi connectivity index (χ0) is 12.1. The van der Waals surface area contributed by atoms with Crippen LogP contribution in [0.25, 0.3) is 0 Å². The third kappa shape index (κ3) is 5.42. The molecule has 1 saturated heterocycles. The number of rotatable bonds is 0. The van der Waals surface area contributed by atoms with E-state index in [2.05, 4.69) is 25.7 Å². The number of hydrogen-bond donors (Lipinski definition) is 0. The summed E-state index contributed by atoms with van der Waals surface area (Å²) >= 11 is 0. The summed E-state index contributed by atoms with van der Waals surface area (Å²) < 4.78 is 0. The van der Waals surface area contributed by atoms with Crippen molar-refractivity contribution in [2.45, 2.75) is 88.1 Å². The van der Waals surface area contributed by atoms with Gasteiger partial charge in [0.15, 0.2) is 0 Å². The fourth-order valence-electron chi connectivity index (χ4n) is 2.23. The van der Waals surface area contributed by atoms with E-state index < -0.39 is 0 Å². The Hall–Kier alpha value is -0.0400. The molecule has 0 aromatic rings. The highest BCUT2D eigenvalue weighted by molar-refractivity contribution is 5.03. The first-order valence-corrected chi connectivity index (χ1v) is 6.77. The monoisotopic (exact) mass is 245 g/mol. The van der Waals surface area contributed by atoms with Crippen molar-refractivity contribution >= 4 is 0 Å². The lowest BCUT2D eigenvalue weighted by Gasteiger charge is -2.60. The molecular formula is C16H39N. The second-order valence-corrected chi connectivity index (χ2v) is 5.38. The normalized spacial score (nSPS) is 19.9. The van der Waals surface area contributed by atoms with Crippen LogP contribution in [0.3, 0.4) is 0 Å². The van der Waals surface area contributed by atoms with Gasteiger partial charge in [0.2, 0.25) is 0 Å². The fourth-order valence-corrected chi connectivity index (χ4v) is 2.23. The Morgan fingerprint density at radius 2 is 1.18 bits per heavy atom. The first kappa shape index (κ1) is 22.2. The lowest BCUT2D eigenvalue weighted by Crippen LogP contribution is -2.64. The minimum Gasteiger partial charge on any atom is -0.297 e. The second kappa shape index (κ2) is 8.97. The quantitative estimate of drug-likeness (QED) is 0.537. The second-order valence-electron chi connectivity index (χ2n) is 5.38. The van der Waals surface area contributed by atoms with E-state index in [4.69, 9.17) is 0 Å². The van der Waals surface area contributed by atoms with Crippen LogP contribution < -0.4 is 0 Å². The molecule has 108 valence electrons. The summed E-state index contributed by atoms with van der Waals surface area (Å²) in [6.07, 6.45) is 4.48. The van der Waals surface area contributed by atoms with Gasteiger partial charge in [-0.15, -0.1) is 0 Å². The van der Waals surface area contributed by atoms with Crippen molar-refractivity contribution in [1.82, 2.24) is 4.90 Å². The van der Waals surface area contributed by atoms with Crippen molar-refractivity contribution in [1.29, 1.82) is 0 Å². The van der Waals surface area contributed by atoms with Gasteiger partial charge in [0.25, 0.3) is 0 Å². The number of nitrogens with zero attached hydrogens (tertiary/aromatic N) is 1. The molecule has 17 heavy (non-hydrogen) atoms. The van der Waals surface area contributed by atoms with E-state index in [1.165, 1.54) is 32.4 Å². The molecule has 1 spiro atoms. The van der Waals surface area contributed by atoms with Crippen molar-refractivity contribution in [2.24, 2.45) is 5.41 Å². The molecule has 0 aromatic carbocycles. The van der Waals surface area contributed by atoms with E-state index >= 15 is 0 Å². The fraction of sp³-hybridized carbons (Fsp3) is 1.00. The first-order valence-electron chi connectivity index (χ1n) is 6.77. The molecule has 0 aromatic heterocycles. The van der Waals surface area contributed by atoms with Crippen molar-refractivity contribution in [3.05, 3.63) is 0 Å². The molecule has 1 nitrogen and oxygen atoms in total. The Labute approximate surface area is 112 Å². The van der Waals surface area contributed by atoms with Crippen LogP contribution in [0.15, 0.2) is 0 Å². The molecule has 2 fully saturated rings. The predicted molar refractivity (Wildman–Crippen MR) is 83.8 cm³/mol. The van der Waals surface area contributed by atoms with E-state index in [0.717, 1.165) is 5.41 Å². The van der Waals surface area contributed by atoms with Gasteiger partial charge in [0, 0.05) is 18.6 Å². The summed E-state index contributed by atoms with van der Waals surface area (Å²) in [5.74, 6) is 0. The van der Waals surface area contributed by atoms with Crippen molar-refractivity contribution < 1.29 is 0 Å². The highest BCUT2D eigenvalue weighted by Gasteiger charge is 2.49. The van der Waals surface area contributed by atoms with E-state index in [9.17, 15) is 0 Å². The smallest absolute Gasteiger partial charge is 0.0125 e. The molecule has 2 rings (SSSR count). The Bertz CT molecular complexity index is 155. The molecule has 0 N–H and O–H groups in total. The summed E-state index contributed by atoms with van der Waals surface area (Å²) in [5.41, 5.74) is 1.22. The van der Waals surface area contributed by atoms with Gasteiger partial charge in [-0.2, -0.15) is 0 Å². The Morgan fingerprint density at radius 1 is 0.824 bits per heavy atom. The summed E-state index contributed by atoms with van der Waals surface area (Å²) in [7, 11) is 0. The van der Waals surface area contributed by atoms with Crippen molar-refractivity contribution in [3.63, 3.8) is 0 Å². The highest BCUT2D eigenvalue weighted by Crippen LogP contribution is 2.49. The van der Waals surface area contributed by atoms with E-state index in [0.29, 0.717) is 5.54 Å². The average Bonchev–Trinajstić information content (AvgIpc) is 2.04. The van der Waals surface area contributed by atoms with E-state index in [-0.39, 0.29) is 14.9 Å². The minimum atomic E-state index is 0. The molecule has 1 aliphatic heterocycles. The standard InChI is InChI=1S/C10H19N.2C2H6.2CH4/c1-9(2,3)11-7-10(8-11)5-4-6-10;2*1-2;;/h4-8H2,1-3H3;2*1-2H3;2*1H4. The van der Waals surface area contributed by atoms with Crippen molar-refractivity contribution in [3.8, 4) is 0 Å². The Balaban J connectivity index is -0.000000299. The van der Waals surface area contributed by atoms with Crippen molar-refractivity contribution in [2.75, 3.05) is 13.1 Å². The van der Waals surface area contributed by atoms with E-state index in [1.807, 2.05) is 27.7 Å². The van der Waals surface area contributed by atoms with Gasteiger partial charge in [0.05, 0.1) is 0 Å². The maximum absolute atomic E-state index is 2.60. The molecule has 0 radical (unpaired) electrons. The Kier molecular flexibility index (Phi) is 11.7. The van der Waals surface area contributed by atoms with Gasteiger partial charge < -0.3 is 0 Å². The molecule has 1 heterocycles. The zero-order valence-corrected chi connectivity index (χ0v) is 12.0. The topological polar surface area (TPSA) is 3.24 Å². The minimum absolute atomic E-state index is 0. The zero-order valence-electron chi connectivity index (χ0n) is 12.0. The number of likely N-dealkylation sites (tertiary alicyclic amines) is 1. The predicted octanol–water partition coefficient (Wildman–Crippen LogP) is 5.60. The SMILES string of the molecule is C.C.CC.CC.CC(C)(C)N1CC2(CCC2)C1. The van der Waals surface area contributed by atoms with E-state index in [1.54, 1.807) is 0 Å². The van der Waals surface area contributed by atoms with Crippen LogP contribution >= 0.6 is 0 Å². The van der Waals surface area contributed by atoms with Gasteiger partial charge >= 0.3 is 0 Å². The van der Waals surface area contributed by atoms with Gasteiger partial charge in [-0.05, 0) is 39.0 Å². The molecule has 2 aliphatic rings. The summed E-state index contributed by atoms with van der Waals surface area (Å²) in [6.45, 7) is 17.7. The summed E-state index contributed by atoms with van der Waals surface area (Å²) in [5, 5.41) is 0. The third-order valence-electron chi connectivity index (χ3n) is 3.42. The van der Waals surface area contributed by atoms with Crippen LogP contribution in [-0.2, 0) is 0 Å². The summed E-state index contributed by atoms with van der Waals surface area (Å²) in [4.78, 5) is 2.60. The molecular weight excluding hydrogens is 206 g/mol. The van der Waals surface area contributed by atoms with Gasteiger partial charge in [0.1, 0.15) is 0 Å². The van der Waals surface area contributed by atoms with Crippen LogP contribution in [0.1, 0.15) is 82.6 Å². The molecule has 0 bridgehead atoms. The average molecular weight is 245 g/mol. The molecule has 0 atom stereocenters. The van der Waals surface area contributed by atoms with Crippen LogP contribution in [0, 0.1) is 5.41 Å². The Morgan fingerprint density at radius 3 is 1.35 bits per heavy atom. The van der Waals surface area contributed by atoms with Crippen LogP contribution in [0.5, 0.6) is 0 Å². The molecule has 1 heteroatoms. The van der Waals surface area contributed by atoms with Crippen LogP contribution in [0.4, 0.5) is 0 Å².